The second-order valence-corrected chi connectivity index (χ2v) is 5.06. The molecular weight excluding hydrogens is 266 g/mol. The number of aryl methyl sites for hydroxylation is 1. The minimum Gasteiger partial charge on any atom is -0.342 e. The molecule has 2 aromatic heterocycles. The number of imidazole rings is 1. The van der Waals surface area contributed by atoms with Crippen molar-refractivity contribution < 1.29 is 0 Å². The quantitative estimate of drug-likeness (QED) is 0.736. The number of aromatic amines is 1. The summed E-state index contributed by atoms with van der Waals surface area (Å²) >= 11 is 0. The molecule has 0 spiro atoms. The third-order valence-electron chi connectivity index (χ3n) is 3.24. The van der Waals surface area contributed by atoms with Gasteiger partial charge in [0.25, 0.3) is 0 Å². The van der Waals surface area contributed by atoms with E-state index in [2.05, 4.69) is 25.5 Å². The van der Waals surface area contributed by atoms with Gasteiger partial charge >= 0.3 is 0 Å². The normalized spacial score (nSPS) is 12.5. The van der Waals surface area contributed by atoms with Crippen molar-refractivity contribution in [2.45, 2.75) is 25.8 Å². The van der Waals surface area contributed by atoms with E-state index in [0.717, 1.165) is 35.6 Å². The van der Waals surface area contributed by atoms with Crippen molar-refractivity contribution in [1.29, 1.82) is 0 Å². The third-order valence-corrected chi connectivity index (χ3v) is 3.24. The van der Waals surface area contributed by atoms with Crippen LogP contribution in [0.2, 0.25) is 0 Å². The highest BCUT2D eigenvalue weighted by atomic mass is 15.5. The summed E-state index contributed by atoms with van der Waals surface area (Å²) in [5.74, 6) is 0.954. The highest BCUT2D eigenvalue weighted by molar-refractivity contribution is 5.61. The first kappa shape index (κ1) is 13.4. The lowest BCUT2D eigenvalue weighted by Crippen LogP contribution is -2.15. The van der Waals surface area contributed by atoms with E-state index in [1.807, 2.05) is 37.4 Å². The van der Waals surface area contributed by atoms with Gasteiger partial charge in [-0.2, -0.15) is 0 Å². The molecule has 7 nitrogen and oxygen atoms in total. The second kappa shape index (κ2) is 5.84. The fraction of sp³-hybridized carbons (Fsp3) is 0.286. The number of nitrogens with two attached hydrogens (primary N) is 1. The standard InChI is InChI=1S/C14H17N7/c1-10(15)5-6-14-16-8-13(18-14)11-3-2-4-12(7-11)21-9-17-19-20-21/h2-4,7-10H,5-6,15H2,1H3,(H,16,18). The van der Waals surface area contributed by atoms with E-state index in [9.17, 15) is 0 Å². The van der Waals surface area contributed by atoms with E-state index in [0.29, 0.717) is 0 Å². The molecule has 0 amide bonds. The number of H-pyrrole nitrogens is 1. The average Bonchev–Trinajstić information content (AvgIpc) is 3.17. The molecule has 3 rings (SSSR count). The second-order valence-electron chi connectivity index (χ2n) is 5.06. The zero-order chi connectivity index (χ0) is 14.7. The summed E-state index contributed by atoms with van der Waals surface area (Å²) < 4.78 is 1.62. The molecule has 7 heteroatoms. The Kier molecular flexibility index (Phi) is 3.74. The molecule has 2 heterocycles. The SMILES string of the molecule is CC(N)CCc1ncc(-c2cccc(-n3cnnn3)c2)[nH]1. The number of tetrazole rings is 1. The lowest BCUT2D eigenvalue weighted by Gasteiger charge is -2.03. The molecule has 1 atom stereocenters. The van der Waals surface area contributed by atoms with Crippen LogP contribution in [-0.2, 0) is 6.42 Å². The van der Waals surface area contributed by atoms with Crippen LogP contribution < -0.4 is 5.73 Å². The Hall–Kier alpha value is -2.54. The van der Waals surface area contributed by atoms with E-state index < -0.39 is 0 Å². The van der Waals surface area contributed by atoms with Gasteiger partial charge < -0.3 is 10.7 Å². The van der Waals surface area contributed by atoms with Gasteiger partial charge in [0.1, 0.15) is 12.2 Å². The van der Waals surface area contributed by atoms with E-state index in [-0.39, 0.29) is 6.04 Å². The van der Waals surface area contributed by atoms with E-state index in [1.165, 1.54) is 0 Å². The van der Waals surface area contributed by atoms with Crippen LogP contribution in [0.25, 0.3) is 16.9 Å². The molecule has 1 unspecified atom stereocenters. The van der Waals surface area contributed by atoms with Gasteiger partial charge in [-0.25, -0.2) is 9.67 Å². The van der Waals surface area contributed by atoms with Crippen LogP contribution in [0.1, 0.15) is 19.2 Å². The molecule has 3 N–H and O–H groups in total. The van der Waals surface area contributed by atoms with Crippen molar-refractivity contribution >= 4 is 0 Å². The number of nitrogens with zero attached hydrogens (tertiary/aromatic N) is 5. The smallest absolute Gasteiger partial charge is 0.143 e. The Bertz CT molecular complexity index is 700. The summed E-state index contributed by atoms with van der Waals surface area (Å²) in [6, 6.07) is 8.14. The van der Waals surface area contributed by atoms with Gasteiger partial charge in [0.05, 0.1) is 17.6 Å². The summed E-state index contributed by atoms with van der Waals surface area (Å²) in [4.78, 5) is 7.73. The maximum Gasteiger partial charge on any atom is 0.143 e. The minimum atomic E-state index is 0.182. The number of aromatic nitrogens is 6. The predicted molar refractivity (Wildman–Crippen MR) is 78.7 cm³/mol. The number of nitrogens with one attached hydrogen (secondary N) is 1. The maximum atomic E-state index is 5.77. The summed E-state index contributed by atoms with van der Waals surface area (Å²) in [6.45, 7) is 2.00. The molecular formula is C14H17N7. The third kappa shape index (κ3) is 3.14. The van der Waals surface area contributed by atoms with Gasteiger partial charge in [-0.15, -0.1) is 5.10 Å². The van der Waals surface area contributed by atoms with Crippen molar-refractivity contribution in [3.8, 4) is 16.9 Å². The van der Waals surface area contributed by atoms with Crippen LogP contribution in [0.5, 0.6) is 0 Å². The molecule has 0 saturated carbocycles. The maximum absolute atomic E-state index is 5.77. The lowest BCUT2D eigenvalue weighted by molar-refractivity contribution is 0.652. The fourth-order valence-electron chi connectivity index (χ4n) is 2.10. The van der Waals surface area contributed by atoms with Crippen LogP contribution in [-0.4, -0.2) is 36.2 Å². The predicted octanol–water partition coefficient (Wildman–Crippen LogP) is 1.33. The van der Waals surface area contributed by atoms with Gasteiger partial charge in [0.2, 0.25) is 0 Å². The minimum absolute atomic E-state index is 0.182. The topological polar surface area (TPSA) is 98.3 Å². The zero-order valence-corrected chi connectivity index (χ0v) is 11.8. The van der Waals surface area contributed by atoms with Gasteiger partial charge in [-0.1, -0.05) is 12.1 Å². The average molecular weight is 283 g/mol. The Morgan fingerprint density at radius 2 is 2.29 bits per heavy atom. The summed E-state index contributed by atoms with van der Waals surface area (Å²) in [5.41, 5.74) is 8.70. The summed E-state index contributed by atoms with van der Waals surface area (Å²) in [7, 11) is 0. The number of hydrogen-bond donors (Lipinski definition) is 2. The Balaban J connectivity index is 1.82. The Labute approximate surface area is 122 Å². The largest absolute Gasteiger partial charge is 0.342 e. The van der Waals surface area contributed by atoms with Crippen molar-refractivity contribution in [3.63, 3.8) is 0 Å². The van der Waals surface area contributed by atoms with E-state index in [1.54, 1.807) is 11.0 Å². The van der Waals surface area contributed by atoms with Crippen molar-refractivity contribution in [3.05, 3.63) is 42.6 Å². The molecule has 0 aliphatic heterocycles. The Morgan fingerprint density at radius 1 is 1.38 bits per heavy atom. The van der Waals surface area contributed by atoms with Gasteiger partial charge in [0, 0.05) is 18.0 Å². The van der Waals surface area contributed by atoms with Gasteiger partial charge in [0.15, 0.2) is 0 Å². The van der Waals surface area contributed by atoms with Crippen LogP contribution in [0.3, 0.4) is 0 Å². The van der Waals surface area contributed by atoms with E-state index >= 15 is 0 Å². The lowest BCUT2D eigenvalue weighted by atomic mass is 10.1. The Morgan fingerprint density at radius 3 is 3.05 bits per heavy atom. The molecule has 0 radical (unpaired) electrons. The van der Waals surface area contributed by atoms with Crippen molar-refractivity contribution in [2.75, 3.05) is 0 Å². The van der Waals surface area contributed by atoms with Crippen LogP contribution in [0.15, 0.2) is 36.8 Å². The highest BCUT2D eigenvalue weighted by Gasteiger charge is 2.06. The van der Waals surface area contributed by atoms with Crippen LogP contribution >= 0.6 is 0 Å². The number of hydrogen-bond acceptors (Lipinski definition) is 5. The molecule has 108 valence electrons. The first-order valence-electron chi connectivity index (χ1n) is 6.85. The van der Waals surface area contributed by atoms with Gasteiger partial charge in [-0.05, 0) is 35.9 Å². The molecule has 0 aliphatic rings. The molecule has 1 aromatic carbocycles. The molecule has 0 aliphatic carbocycles. The molecule has 3 aromatic rings. The molecule has 0 bridgehead atoms. The number of benzene rings is 1. The monoisotopic (exact) mass is 283 g/mol. The van der Waals surface area contributed by atoms with Crippen LogP contribution in [0.4, 0.5) is 0 Å². The van der Waals surface area contributed by atoms with Crippen molar-refractivity contribution in [1.82, 2.24) is 30.2 Å². The summed E-state index contributed by atoms with van der Waals surface area (Å²) in [5, 5.41) is 11.2. The number of rotatable bonds is 5. The zero-order valence-electron chi connectivity index (χ0n) is 11.8. The molecule has 0 fully saturated rings. The summed E-state index contributed by atoms with van der Waals surface area (Å²) in [6.07, 6.45) is 5.18. The molecule has 21 heavy (non-hydrogen) atoms. The van der Waals surface area contributed by atoms with Crippen LogP contribution in [0, 0.1) is 0 Å². The van der Waals surface area contributed by atoms with Crippen molar-refractivity contribution in [2.24, 2.45) is 5.73 Å². The fourth-order valence-corrected chi connectivity index (χ4v) is 2.10. The first-order chi connectivity index (χ1) is 10.2. The first-order valence-corrected chi connectivity index (χ1v) is 6.85. The van der Waals surface area contributed by atoms with E-state index in [4.69, 9.17) is 5.73 Å². The highest BCUT2D eigenvalue weighted by Crippen LogP contribution is 2.20. The molecule has 0 saturated heterocycles. The van der Waals surface area contributed by atoms with Gasteiger partial charge in [-0.3, -0.25) is 0 Å².